The van der Waals surface area contributed by atoms with Gasteiger partial charge in [0.1, 0.15) is 5.82 Å². The zero-order valence-corrected chi connectivity index (χ0v) is 14.7. The first-order valence-corrected chi connectivity index (χ1v) is 8.87. The van der Waals surface area contributed by atoms with Crippen LogP contribution in [0.1, 0.15) is 27.8 Å². The van der Waals surface area contributed by atoms with Crippen molar-refractivity contribution in [3.63, 3.8) is 0 Å². The van der Waals surface area contributed by atoms with Gasteiger partial charge in [-0.3, -0.25) is 4.79 Å². The van der Waals surface area contributed by atoms with Gasteiger partial charge in [-0.1, -0.05) is 36.4 Å². The predicted octanol–water partition coefficient (Wildman–Crippen LogP) is 3.91. The summed E-state index contributed by atoms with van der Waals surface area (Å²) in [5, 5.41) is 3.15. The van der Waals surface area contributed by atoms with Gasteiger partial charge in [-0.25, -0.2) is 4.98 Å². The average molecular weight is 356 g/mol. The van der Waals surface area contributed by atoms with Crippen LogP contribution in [0.25, 0.3) is 5.69 Å². The number of hydrogen-bond acceptors (Lipinski definition) is 2. The van der Waals surface area contributed by atoms with E-state index in [1.807, 2.05) is 83.7 Å². The highest BCUT2D eigenvalue weighted by Crippen LogP contribution is 2.18. The summed E-state index contributed by atoms with van der Waals surface area (Å²) in [7, 11) is 0. The van der Waals surface area contributed by atoms with Crippen LogP contribution in [-0.2, 0) is 6.42 Å². The molecule has 0 fully saturated rings. The first kappa shape index (κ1) is 16.8. The summed E-state index contributed by atoms with van der Waals surface area (Å²) >= 11 is 0. The number of nitrogens with one attached hydrogen (secondary N) is 2. The zero-order valence-electron chi connectivity index (χ0n) is 14.7. The molecule has 0 aliphatic heterocycles. The quantitative estimate of drug-likeness (QED) is 0.550. The molecule has 5 heteroatoms. The molecule has 1 atom stereocenters. The first-order valence-electron chi connectivity index (χ1n) is 8.87. The minimum absolute atomic E-state index is 0.107. The summed E-state index contributed by atoms with van der Waals surface area (Å²) in [6.45, 7) is 0. The third kappa shape index (κ3) is 3.98. The van der Waals surface area contributed by atoms with E-state index in [0.717, 1.165) is 17.1 Å². The van der Waals surface area contributed by atoms with Crippen molar-refractivity contribution in [3.05, 3.63) is 108 Å². The summed E-state index contributed by atoms with van der Waals surface area (Å²) in [6, 6.07) is 21.3. The maximum absolute atomic E-state index is 12.9. The predicted molar refractivity (Wildman–Crippen MR) is 105 cm³/mol. The van der Waals surface area contributed by atoms with E-state index in [9.17, 15) is 4.79 Å². The Balaban J connectivity index is 1.57. The summed E-state index contributed by atoms with van der Waals surface area (Å²) in [4.78, 5) is 20.3. The van der Waals surface area contributed by atoms with Gasteiger partial charge < -0.3 is 14.9 Å². The maximum Gasteiger partial charge on any atom is 0.251 e. The highest BCUT2D eigenvalue weighted by Gasteiger charge is 2.17. The van der Waals surface area contributed by atoms with E-state index < -0.39 is 0 Å². The van der Waals surface area contributed by atoms with Crippen LogP contribution < -0.4 is 5.32 Å². The van der Waals surface area contributed by atoms with Crippen molar-refractivity contribution in [2.45, 2.75) is 12.5 Å². The summed E-state index contributed by atoms with van der Waals surface area (Å²) < 4.78 is 1.98. The van der Waals surface area contributed by atoms with Gasteiger partial charge in [0.25, 0.3) is 5.91 Å². The van der Waals surface area contributed by atoms with E-state index in [-0.39, 0.29) is 11.9 Å². The van der Waals surface area contributed by atoms with Gasteiger partial charge in [-0.2, -0.15) is 0 Å². The zero-order chi connectivity index (χ0) is 18.5. The van der Waals surface area contributed by atoms with Gasteiger partial charge in [0.2, 0.25) is 0 Å². The number of nitrogens with zero attached hydrogens (tertiary/aromatic N) is 2. The van der Waals surface area contributed by atoms with Crippen LogP contribution in [-0.4, -0.2) is 20.4 Å². The third-order valence-electron chi connectivity index (χ3n) is 4.47. The molecule has 2 aromatic heterocycles. The Hall–Kier alpha value is -3.60. The normalized spacial score (nSPS) is 11.9. The number of H-pyrrole nitrogens is 1. The molecule has 0 bridgehead atoms. The fraction of sp³-hybridized carbons (Fsp3) is 0.0909. The Morgan fingerprint density at radius 2 is 1.85 bits per heavy atom. The average Bonchev–Trinajstić information content (AvgIpc) is 3.42. The number of aromatic amines is 1. The van der Waals surface area contributed by atoms with Gasteiger partial charge in [0.15, 0.2) is 0 Å². The lowest BCUT2D eigenvalue weighted by molar-refractivity contribution is 0.0936. The number of carbonyl (C=O) groups is 1. The fourth-order valence-electron chi connectivity index (χ4n) is 3.10. The highest BCUT2D eigenvalue weighted by atomic mass is 16.1. The van der Waals surface area contributed by atoms with Crippen LogP contribution >= 0.6 is 0 Å². The van der Waals surface area contributed by atoms with Crippen LogP contribution in [0.3, 0.4) is 0 Å². The Bertz CT molecular complexity index is 992. The molecule has 134 valence electrons. The van der Waals surface area contributed by atoms with Crippen molar-refractivity contribution in [1.82, 2.24) is 19.9 Å². The van der Waals surface area contributed by atoms with Crippen LogP contribution in [0.4, 0.5) is 0 Å². The molecule has 2 aromatic carbocycles. The van der Waals surface area contributed by atoms with E-state index in [2.05, 4.69) is 15.3 Å². The van der Waals surface area contributed by atoms with E-state index in [0.29, 0.717) is 12.0 Å². The van der Waals surface area contributed by atoms with E-state index in [1.165, 1.54) is 0 Å². The molecule has 0 radical (unpaired) electrons. The highest BCUT2D eigenvalue weighted by molar-refractivity contribution is 5.95. The van der Waals surface area contributed by atoms with Crippen molar-refractivity contribution >= 4 is 5.91 Å². The third-order valence-corrected chi connectivity index (χ3v) is 4.47. The second-order valence-corrected chi connectivity index (χ2v) is 6.32. The molecule has 0 saturated heterocycles. The molecule has 4 rings (SSSR count). The molecule has 0 aliphatic carbocycles. The molecule has 0 unspecified atom stereocenters. The minimum atomic E-state index is -0.167. The van der Waals surface area contributed by atoms with Gasteiger partial charge in [0, 0.05) is 42.5 Å². The summed E-state index contributed by atoms with van der Waals surface area (Å²) in [6.07, 6.45) is 8.03. The number of hydrogen-bond donors (Lipinski definition) is 2. The molecular formula is C22H20N4O. The molecule has 1 amide bonds. The minimum Gasteiger partial charge on any atom is -0.349 e. The molecule has 2 N–H and O–H groups in total. The Morgan fingerprint density at radius 1 is 1.04 bits per heavy atom. The maximum atomic E-state index is 12.9. The van der Waals surface area contributed by atoms with Crippen molar-refractivity contribution in [3.8, 4) is 5.69 Å². The molecule has 0 saturated carbocycles. The molecule has 5 nitrogen and oxygen atoms in total. The Kier molecular flexibility index (Phi) is 4.83. The number of imidazole rings is 1. The van der Waals surface area contributed by atoms with Gasteiger partial charge in [-0.15, -0.1) is 0 Å². The smallest absolute Gasteiger partial charge is 0.251 e. The molecule has 0 aliphatic rings. The molecule has 0 spiro atoms. The lowest BCUT2D eigenvalue weighted by Gasteiger charge is -2.19. The molecule has 27 heavy (non-hydrogen) atoms. The van der Waals surface area contributed by atoms with Crippen molar-refractivity contribution in [2.75, 3.05) is 0 Å². The standard InChI is InChI=1S/C22H20N4O/c27-22(18-9-6-10-19(15-18)26-13-4-5-14-26)25-20(16-21-23-11-12-24-21)17-7-2-1-3-8-17/h1-15,20H,16H2,(H,23,24)(H,25,27)/t20-/m0/s1. The summed E-state index contributed by atoms with van der Waals surface area (Å²) in [5.41, 5.74) is 2.63. The second-order valence-electron chi connectivity index (χ2n) is 6.32. The second kappa shape index (κ2) is 7.74. The number of aromatic nitrogens is 3. The molecule has 4 aromatic rings. The van der Waals surface area contributed by atoms with Crippen LogP contribution in [0.15, 0.2) is 91.5 Å². The number of benzene rings is 2. The summed E-state index contributed by atoms with van der Waals surface area (Å²) in [5.74, 6) is 0.731. The SMILES string of the molecule is O=C(N[C@@H](Cc1ncc[nH]1)c1ccccc1)c1cccc(-n2cccc2)c1. The largest absolute Gasteiger partial charge is 0.349 e. The van der Waals surface area contributed by atoms with E-state index in [4.69, 9.17) is 0 Å². The lowest BCUT2D eigenvalue weighted by atomic mass is 10.0. The molecule has 2 heterocycles. The van der Waals surface area contributed by atoms with Crippen LogP contribution in [0, 0.1) is 0 Å². The fourth-order valence-corrected chi connectivity index (χ4v) is 3.10. The van der Waals surface area contributed by atoms with Crippen molar-refractivity contribution < 1.29 is 4.79 Å². The van der Waals surface area contributed by atoms with Crippen molar-refractivity contribution in [2.24, 2.45) is 0 Å². The first-order chi connectivity index (χ1) is 13.3. The van der Waals surface area contributed by atoms with Crippen LogP contribution in [0.2, 0.25) is 0 Å². The van der Waals surface area contributed by atoms with Crippen molar-refractivity contribution in [1.29, 1.82) is 0 Å². The number of carbonyl (C=O) groups excluding carboxylic acids is 1. The van der Waals surface area contributed by atoms with Gasteiger partial charge >= 0.3 is 0 Å². The Morgan fingerprint density at radius 3 is 2.59 bits per heavy atom. The van der Waals surface area contributed by atoms with Crippen LogP contribution in [0.5, 0.6) is 0 Å². The number of rotatable bonds is 6. The number of amides is 1. The molecular weight excluding hydrogens is 336 g/mol. The Labute approximate surface area is 157 Å². The van der Waals surface area contributed by atoms with Gasteiger partial charge in [0.05, 0.1) is 6.04 Å². The van der Waals surface area contributed by atoms with Gasteiger partial charge in [-0.05, 0) is 35.9 Å². The monoisotopic (exact) mass is 356 g/mol. The van der Waals surface area contributed by atoms with E-state index >= 15 is 0 Å². The topological polar surface area (TPSA) is 62.7 Å². The lowest BCUT2D eigenvalue weighted by Crippen LogP contribution is -2.30. The van der Waals surface area contributed by atoms with E-state index in [1.54, 1.807) is 12.4 Å².